The van der Waals surface area contributed by atoms with E-state index in [0.717, 1.165) is 18.4 Å². The third-order valence-corrected chi connectivity index (χ3v) is 5.61. The van der Waals surface area contributed by atoms with Crippen molar-refractivity contribution in [2.24, 2.45) is 5.92 Å². The maximum Gasteiger partial charge on any atom is 0.201 e. The molecule has 1 heterocycles. The first kappa shape index (κ1) is 22.1. The van der Waals surface area contributed by atoms with Crippen LogP contribution in [0.15, 0.2) is 53.8 Å². The number of aliphatic hydroxyl groups is 1. The van der Waals surface area contributed by atoms with Crippen molar-refractivity contribution in [2.45, 2.75) is 65.5 Å². The number of carbonyl (C=O) groups is 2. The standard InChI is InChI=1S/C24H33NO3/c1-6-17(3)15-18(4)22-24(5,28)23(27)20(21(26)7-2)16-25(22)14-13-19-11-9-8-10-12-19/h8-12,15-17,22,28H,6-7,13-14H2,1-5H3/t17-,22+,24-/m0/s1. The van der Waals surface area contributed by atoms with Crippen molar-refractivity contribution in [3.8, 4) is 0 Å². The van der Waals surface area contributed by atoms with E-state index in [1.807, 2.05) is 30.0 Å². The minimum absolute atomic E-state index is 0.105. The first-order valence-electron chi connectivity index (χ1n) is 10.2. The second-order valence-electron chi connectivity index (χ2n) is 7.97. The van der Waals surface area contributed by atoms with Gasteiger partial charge in [-0.25, -0.2) is 0 Å². The molecule has 1 aromatic carbocycles. The Hall–Kier alpha value is -2.20. The number of rotatable bonds is 8. The number of carbonyl (C=O) groups excluding carboxylic acids is 2. The molecule has 1 N–H and O–H groups in total. The number of nitrogens with zero attached hydrogens (tertiary/aromatic N) is 1. The highest BCUT2D eigenvalue weighted by Crippen LogP contribution is 2.33. The van der Waals surface area contributed by atoms with Crippen LogP contribution in [0.3, 0.4) is 0 Å². The Labute approximate surface area is 168 Å². The molecule has 0 saturated carbocycles. The Morgan fingerprint density at radius 2 is 1.93 bits per heavy atom. The molecule has 0 bridgehead atoms. The van der Waals surface area contributed by atoms with E-state index in [-0.39, 0.29) is 17.8 Å². The van der Waals surface area contributed by atoms with Crippen LogP contribution in [0.4, 0.5) is 0 Å². The van der Waals surface area contributed by atoms with Gasteiger partial charge >= 0.3 is 0 Å². The lowest BCUT2D eigenvalue weighted by atomic mass is 9.78. The van der Waals surface area contributed by atoms with Crippen LogP contribution in [-0.2, 0) is 16.0 Å². The summed E-state index contributed by atoms with van der Waals surface area (Å²) < 4.78 is 0. The van der Waals surface area contributed by atoms with E-state index >= 15 is 0 Å². The second kappa shape index (κ2) is 9.33. The Kier molecular flexibility index (Phi) is 7.36. The summed E-state index contributed by atoms with van der Waals surface area (Å²) in [5.74, 6) is -0.348. The molecule has 1 aliphatic rings. The lowest BCUT2D eigenvalue weighted by Crippen LogP contribution is -2.59. The molecule has 0 amide bonds. The number of allylic oxidation sites excluding steroid dienone is 1. The fourth-order valence-corrected chi connectivity index (χ4v) is 3.87. The van der Waals surface area contributed by atoms with E-state index in [2.05, 4.69) is 32.1 Å². The summed E-state index contributed by atoms with van der Waals surface area (Å²) in [7, 11) is 0. The van der Waals surface area contributed by atoms with E-state index in [4.69, 9.17) is 0 Å². The van der Waals surface area contributed by atoms with Gasteiger partial charge in [0.2, 0.25) is 5.78 Å². The first-order valence-corrected chi connectivity index (χ1v) is 10.2. The van der Waals surface area contributed by atoms with Crippen LogP contribution >= 0.6 is 0 Å². The van der Waals surface area contributed by atoms with E-state index in [9.17, 15) is 14.7 Å². The third kappa shape index (κ3) is 4.79. The Morgan fingerprint density at radius 1 is 1.29 bits per heavy atom. The molecular formula is C24H33NO3. The zero-order valence-corrected chi connectivity index (χ0v) is 17.7. The van der Waals surface area contributed by atoms with Gasteiger partial charge in [-0.3, -0.25) is 9.59 Å². The Bertz CT molecular complexity index is 761. The van der Waals surface area contributed by atoms with Crippen LogP contribution in [0, 0.1) is 5.92 Å². The molecule has 152 valence electrons. The molecule has 1 aromatic rings. The van der Waals surface area contributed by atoms with E-state index < -0.39 is 17.4 Å². The van der Waals surface area contributed by atoms with Crippen molar-refractivity contribution in [2.75, 3.05) is 6.54 Å². The lowest BCUT2D eigenvalue weighted by molar-refractivity contribution is -0.140. The zero-order chi connectivity index (χ0) is 20.9. The molecule has 4 nitrogen and oxygen atoms in total. The van der Waals surface area contributed by atoms with Gasteiger partial charge < -0.3 is 10.0 Å². The maximum absolute atomic E-state index is 12.9. The van der Waals surface area contributed by atoms with Crippen LogP contribution < -0.4 is 0 Å². The van der Waals surface area contributed by atoms with E-state index in [1.165, 1.54) is 5.56 Å². The molecule has 1 aliphatic heterocycles. The molecule has 0 aromatic heterocycles. The van der Waals surface area contributed by atoms with Crippen molar-refractivity contribution in [3.63, 3.8) is 0 Å². The second-order valence-corrected chi connectivity index (χ2v) is 7.97. The van der Waals surface area contributed by atoms with Crippen LogP contribution in [0.2, 0.25) is 0 Å². The highest BCUT2D eigenvalue weighted by molar-refractivity contribution is 6.23. The number of ketones is 2. The average Bonchev–Trinajstić information content (AvgIpc) is 2.68. The summed E-state index contributed by atoms with van der Waals surface area (Å²) >= 11 is 0. The van der Waals surface area contributed by atoms with Crippen molar-refractivity contribution in [1.29, 1.82) is 0 Å². The first-order chi connectivity index (χ1) is 13.2. The van der Waals surface area contributed by atoms with Gasteiger partial charge in [-0.1, -0.05) is 69.2 Å². The highest BCUT2D eigenvalue weighted by Gasteiger charge is 2.48. The van der Waals surface area contributed by atoms with Crippen LogP contribution in [0.5, 0.6) is 0 Å². The van der Waals surface area contributed by atoms with Crippen LogP contribution in [-0.4, -0.2) is 39.8 Å². The highest BCUT2D eigenvalue weighted by atomic mass is 16.3. The van der Waals surface area contributed by atoms with Crippen molar-refractivity contribution >= 4 is 11.6 Å². The van der Waals surface area contributed by atoms with Gasteiger partial charge in [0.1, 0.15) is 5.60 Å². The lowest BCUT2D eigenvalue weighted by Gasteiger charge is -2.44. The van der Waals surface area contributed by atoms with Gasteiger partial charge in [-0.15, -0.1) is 0 Å². The Morgan fingerprint density at radius 3 is 2.50 bits per heavy atom. The van der Waals surface area contributed by atoms with Gasteiger partial charge in [0.05, 0.1) is 11.6 Å². The molecule has 0 fully saturated rings. The SMILES string of the molecule is CCC(=O)C1=CN(CCc2ccccc2)[C@H](C(C)=C[C@@H](C)CC)[C@](C)(O)C1=O. The van der Waals surface area contributed by atoms with E-state index in [0.29, 0.717) is 12.5 Å². The van der Waals surface area contributed by atoms with Gasteiger partial charge in [-0.05, 0) is 31.7 Å². The third-order valence-electron chi connectivity index (χ3n) is 5.61. The number of benzene rings is 1. The molecule has 3 atom stereocenters. The van der Waals surface area contributed by atoms with Gasteiger partial charge in [-0.2, -0.15) is 0 Å². The number of hydrogen-bond acceptors (Lipinski definition) is 4. The van der Waals surface area contributed by atoms with Crippen molar-refractivity contribution in [1.82, 2.24) is 4.90 Å². The predicted molar refractivity (Wildman–Crippen MR) is 113 cm³/mol. The molecule has 0 saturated heterocycles. The zero-order valence-electron chi connectivity index (χ0n) is 17.7. The normalized spacial score (nSPS) is 24.1. The molecular weight excluding hydrogens is 350 g/mol. The summed E-state index contributed by atoms with van der Waals surface area (Å²) in [4.78, 5) is 27.3. The topological polar surface area (TPSA) is 57.6 Å². The fourth-order valence-electron chi connectivity index (χ4n) is 3.87. The van der Waals surface area contributed by atoms with Crippen LogP contribution in [0.25, 0.3) is 0 Å². The van der Waals surface area contributed by atoms with Gasteiger partial charge in [0.25, 0.3) is 0 Å². The van der Waals surface area contributed by atoms with Crippen LogP contribution in [0.1, 0.15) is 53.0 Å². The number of hydrogen-bond donors (Lipinski definition) is 1. The van der Waals surface area contributed by atoms with Gasteiger partial charge in [0.15, 0.2) is 5.78 Å². The smallest absolute Gasteiger partial charge is 0.201 e. The van der Waals surface area contributed by atoms with Crippen molar-refractivity contribution in [3.05, 3.63) is 59.3 Å². The Balaban J connectivity index is 2.44. The summed E-state index contributed by atoms with van der Waals surface area (Å²) in [6, 6.07) is 9.62. The molecule has 0 radical (unpaired) electrons. The summed E-state index contributed by atoms with van der Waals surface area (Å²) in [6.45, 7) is 10.1. The molecule has 0 spiro atoms. The molecule has 28 heavy (non-hydrogen) atoms. The maximum atomic E-state index is 12.9. The molecule has 4 heteroatoms. The van der Waals surface area contributed by atoms with E-state index in [1.54, 1.807) is 20.0 Å². The van der Waals surface area contributed by atoms with Gasteiger partial charge in [0, 0.05) is 19.2 Å². The molecule has 2 rings (SSSR count). The minimum atomic E-state index is -1.64. The monoisotopic (exact) mass is 383 g/mol. The van der Waals surface area contributed by atoms with Crippen molar-refractivity contribution < 1.29 is 14.7 Å². The molecule has 0 aliphatic carbocycles. The quantitative estimate of drug-likeness (QED) is 0.543. The molecule has 0 unspecified atom stereocenters. The summed E-state index contributed by atoms with van der Waals surface area (Å²) in [6.07, 6.45) is 5.80. The summed E-state index contributed by atoms with van der Waals surface area (Å²) in [5.41, 5.74) is 0.603. The largest absolute Gasteiger partial charge is 0.379 e. The average molecular weight is 384 g/mol. The summed E-state index contributed by atoms with van der Waals surface area (Å²) in [5, 5.41) is 11.2. The minimum Gasteiger partial charge on any atom is -0.379 e. The fraction of sp³-hybridized carbons (Fsp3) is 0.500. The number of Topliss-reactive ketones (excluding diaryl/α,β-unsaturated/α-hetero) is 2. The predicted octanol–water partition coefficient (Wildman–Crippen LogP) is 4.09.